The van der Waals surface area contributed by atoms with E-state index in [9.17, 15) is 14.0 Å². The molecule has 0 aliphatic rings. The Kier molecular flexibility index (Phi) is 4.64. The second-order valence-electron chi connectivity index (χ2n) is 4.49. The van der Waals surface area contributed by atoms with Gasteiger partial charge in [-0.2, -0.15) is 0 Å². The maximum atomic E-state index is 12.8. The number of aromatic amines is 1. The van der Waals surface area contributed by atoms with Crippen molar-refractivity contribution in [1.82, 2.24) is 9.97 Å². The van der Waals surface area contributed by atoms with Crippen LogP contribution >= 0.6 is 0 Å². The number of hydrogen-bond acceptors (Lipinski definition) is 4. The Balaban J connectivity index is 2.06. The van der Waals surface area contributed by atoms with Crippen LogP contribution < -0.4 is 10.9 Å². The first-order valence-electron chi connectivity index (χ1n) is 6.40. The standard InChI is InChI=1S/C15H14FN3O2/c1-10-13(7-9-20)19-14(15(21)18-10)17-8-6-11-2-4-12(16)5-3-11/h2-5,7H,6,8H2,1H3,(H,17,19)(H,18,21). The van der Waals surface area contributed by atoms with E-state index in [0.717, 1.165) is 11.6 Å². The summed E-state index contributed by atoms with van der Waals surface area (Å²) < 4.78 is 12.8. The minimum Gasteiger partial charge on any atom is -0.365 e. The monoisotopic (exact) mass is 287 g/mol. The van der Waals surface area contributed by atoms with Crippen LogP contribution in [0.3, 0.4) is 0 Å². The van der Waals surface area contributed by atoms with Gasteiger partial charge >= 0.3 is 0 Å². The molecule has 21 heavy (non-hydrogen) atoms. The highest BCUT2D eigenvalue weighted by Crippen LogP contribution is 2.06. The van der Waals surface area contributed by atoms with Gasteiger partial charge in [0.15, 0.2) is 5.82 Å². The lowest BCUT2D eigenvalue weighted by Gasteiger charge is -2.07. The summed E-state index contributed by atoms with van der Waals surface area (Å²) in [7, 11) is 0. The van der Waals surface area contributed by atoms with E-state index in [0.29, 0.717) is 24.4 Å². The molecular weight excluding hydrogens is 273 g/mol. The number of anilines is 1. The Hall–Kier alpha value is -2.72. The molecule has 0 amide bonds. The summed E-state index contributed by atoms with van der Waals surface area (Å²) in [5.41, 5.74) is 1.47. The van der Waals surface area contributed by atoms with Gasteiger partial charge in [-0.25, -0.2) is 14.2 Å². The van der Waals surface area contributed by atoms with Gasteiger partial charge in [0.05, 0.1) is 5.69 Å². The van der Waals surface area contributed by atoms with Gasteiger partial charge in [0.1, 0.15) is 11.8 Å². The van der Waals surface area contributed by atoms with Crippen molar-refractivity contribution in [3.05, 3.63) is 57.4 Å². The molecule has 2 N–H and O–H groups in total. The summed E-state index contributed by atoms with van der Waals surface area (Å²) in [4.78, 5) is 28.8. The summed E-state index contributed by atoms with van der Waals surface area (Å²) in [6.45, 7) is 2.12. The van der Waals surface area contributed by atoms with Crippen molar-refractivity contribution in [3.8, 4) is 0 Å². The van der Waals surface area contributed by atoms with Crippen molar-refractivity contribution in [2.24, 2.45) is 0 Å². The number of aromatic nitrogens is 2. The summed E-state index contributed by atoms with van der Waals surface area (Å²) in [6, 6.07) is 6.15. The van der Waals surface area contributed by atoms with Gasteiger partial charge in [-0.1, -0.05) is 12.1 Å². The van der Waals surface area contributed by atoms with Crippen molar-refractivity contribution < 1.29 is 9.18 Å². The van der Waals surface area contributed by atoms with Gasteiger partial charge in [0.2, 0.25) is 0 Å². The van der Waals surface area contributed by atoms with Crippen molar-refractivity contribution in [2.75, 3.05) is 11.9 Å². The Morgan fingerprint density at radius 2 is 2.10 bits per heavy atom. The highest BCUT2D eigenvalue weighted by atomic mass is 19.1. The Morgan fingerprint density at radius 3 is 2.76 bits per heavy atom. The minimum absolute atomic E-state index is 0.143. The lowest BCUT2D eigenvalue weighted by Crippen LogP contribution is -2.19. The average molecular weight is 287 g/mol. The number of H-pyrrole nitrogens is 1. The van der Waals surface area contributed by atoms with E-state index in [1.54, 1.807) is 25.0 Å². The molecule has 0 fully saturated rings. The Morgan fingerprint density at radius 1 is 1.38 bits per heavy atom. The molecule has 1 aromatic heterocycles. The molecule has 0 spiro atoms. The van der Waals surface area contributed by atoms with Gasteiger partial charge in [-0.05, 0) is 31.0 Å². The van der Waals surface area contributed by atoms with E-state index in [1.165, 1.54) is 12.1 Å². The summed E-state index contributed by atoms with van der Waals surface area (Å²) in [6.07, 6.45) is 1.78. The van der Waals surface area contributed by atoms with Crippen molar-refractivity contribution in [3.63, 3.8) is 0 Å². The van der Waals surface area contributed by atoms with Crippen LogP contribution in [0.15, 0.2) is 29.1 Å². The zero-order valence-corrected chi connectivity index (χ0v) is 11.4. The van der Waals surface area contributed by atoms with Gasteiger partial charge < -0.3 is 10.3 Å². The average Bonchev–Trinajstić information content (AvgIpc) is 2.46. The lowest BCUT2D eigenvalue weighted by molar-refractivity contribution is 0.570. The van der Waals surface area contributed by atoms with Gasteiger partial charge in [-0.3, -0.25) is 4.79 Å². The number of nitrogens with one attached hydrogen (secondary N) is 2. The number of hydrogen-bond donors (Lipinski definition) is 2. The third-order valence-corrected chi connectivity index (χ3v) is 2.95. The number of nitrogens with zero attached hydrogens (tertiary/aromatic N) is 1. The maximum absolute atomic E-state index is 12.8. The molecule has 108 valence electrons. The molecule has 6 heteroatoms. The largest absolute Gasteiger partial charge is 0.365 e. The second-order valence-corrected chi connectivity index (χ2v) is 4.49. The number of aryl methyl sites for hydroxylation is 1. The third-order valence-electron chi connectivity index (χ3n) is 2.95. The van der Waals surface area contributed by atoms with E-state index in [2.05, 4.69) is 15.3 Å². The zero-order valence-electron chi connectivity index (χ0n) is 11.4. The fourth-order valence-corrected chi connectivity index (χ4v) is 1.84. The summed E-state index contributed by atoms with van der Waals surface area (Å²) in [5, 5.41) is 2.90. The quantitative estimate of drug-likeness (QED) is 0.821. The van der Waals surface area contributed by atoms with Crippen LogP contribution in [0, 0.1) is 12.7 Å². The van der Waals surface area contributed by atoms with Crippen LogP contribution in [-0.4, -0.2) is 22.5 Å². The van der Waals surface area contributed by atoms with Crippen LogP contribution in [0.25, 0.3) is 6.08 Å². The molecule has 1 heterocycles. The highest BCUT2D eigenvalue weighted by molar-refractivity contribution is 5.74. The molecule has 0 saturated carbocycles. The molecule has 2 rings (SSSR count). The summed E-state index contributed by atoms with van der Waals surface area (Å²) >= 11 is 0. The van der Waals surface area contributed by atoms with Crippen LogP contribution in [0.2, 0.25) is 0 Å². The smallest absolute Gasteiger partial charge is 0.290 e. The lowest BCUT2D eigenvalue weighted by atomic mass is 10.1. The fourth-order valence-electron chi connectivity index (χ4n) is 1.84. The van der Waals surface area contributed by atoms with Crippen LogP contribution in [-0.2, 0) is 11.2 Å². The number of halogens is 1. The Labute approximate surface area is 120 Å². The molecule has 5 nitrogen and oxygen atoms in total. The third kappa shape index (κ3) is 3.87. The van der Waals surface area contributed by atoms with E-state index < -0.39 is 0 Å². The molecule has 0 radical (unpaired) electrons. The van der Waals surface area contributed by atoms with Crippen molar-refractivity contribution in [2.45, 2.75) is 13.3 Å². The molecule has 0 aliphatic carbocycles. The second kappa shape index (κ2) is 6.63. The predicted molar refractivity (Wildman–Crippen MR) is 78.3 cm³/mol. The maximum Gasteiger partial charge on any atom is 0.290 e. The number of rotatable bonds is 5. The first kappa shape index (κ1) is 14.7. The highest BCUT2D eigenvalue weighted by Gasteiger charge is 2.05. The number of benzene rings is 1. The van der Waals surface area contributed by atoms with Crippen LogP contribution in [0.5, 0.6) is 0 Å². The topological polar surface area (TPSA) is 74.8 Å². The van der Waals surface area contributed by atoms with Crippen LogP contribution in [0.4, 0.5) is 10.2 Å². The fraction of sp³-hybridized carbons (Fsp3) is 0.200. The predicted octanol–water partition coefficient (Wildman–Crippen LogP) is 1.72. The van der Waals surface area contributed by atoms with Gasteiger partial charge in [-0.15, -0.1) is 0 Å². The normalized spacial score (nSPS) is 10.0. The van der Waals surface area contributed by atoms with E-state index in [4.69, 9.17) is 0 Å². The van der Waals surface area contributed by atoms with Crippen LogP contribution in [0.1, 0.15) is 17.0 Å². The molecule has 0 bridgehead atoms. The molecule has 0 aliphatic heterocycles. The van der Waals surface area contributed by atoms with Crippen molar-refractivity contribution >= 4 is 17.8 Å². The van der Waals surface area contributed by atoms with E-state index in [1.807, 2.05) is 0 Å². The Bertz CT molecular complexity index is 732. The first-order chi connectivity index (χ1) is 10.1. The molecule has 1 aromatic carbocycles. The van der Waals surface area contributed by atoms with E-state index >= 15 is 0 Å². The van der Waals surface area contributed by atoms with Gasteiger partial charge in [0.25, 0.3) is 5.56 Å². The zero-order chi connectivity index (χ0) is 15.2. The number of carbonyl (C=O) groups excluding carboxylic acids is 1. The molecule has 0 unspecified atom stereocenters. The summed E-state index contributed by atoms with van der Waals surface area (Å²) in [5.74, 6) is 1.50. The van der Waals surface area contributed by atoms with Crippen molar-refractivity contribution in [1.29, 1.82) is 0 Å². The first-order valence-corrected chi connectivity index (χ1v) is 6.40. The minimum atomic E-state index is -0.352. The molecule has 0 saturated heterocycles. The van der Waals surface area contributed by atoms with Gasteiger partial charge in [0, 0.05) is 18.3 Å². The SMILES string of the molecule is Cc1[nH]c(=O)c(NCCc2ccc(F)cc2)nc1C=C=O. The van der Waals surface area contributed by atoms with E-state index in [-0.39, 0.29) is 17.2 Å². The molecular formula is C15H14FN3O2. The molecule has 0 atom stereocenters. The molecule has 2 aromatic rings.